The first kappa shape index (κ1) is 18.8. The molecule has 1 aliphatic carbocycles. The molecule has 0 aromatic heterocycles. The maximum atomic E-state index is 12.3. The number of phenolic OH excluding ortho intramolecular Hbond substituents is 1. The van der Waals surface area contributed by atoms with Crippen molar-refractivity contribution in [1.29, 1.82) is 0 Å². The van der Waals surface area contributed by atoms with E-state index in [-0.39, 0.29) is 16.8 Å². The van der Waals surface area contributed by atoms with E-state index in [0.29, 0.717) is 18.1 Å². The van der Waals surface area contributed by atoms with E-state index in [0.717, 1.165) is 42.1 Å². The van der Waals surface area contributed by atoms with Crippen LogP contribution in [0.3, 0.4) is 0 Å². The fourth-order valence-electron chi connectivity index (χ4n) is 4.77. The van der Waals surface area contributed by atoms with E-state index in [1.54, 1.807) is 16.9 Å². The highest BCUT2D eigenvalue weighted by atomic mass is 16.7. The largest absolute Gasteiger partial charge is 0.507 e. The van der Waals surface area contributed by atoms with Gasteiger partial charge in [-0.15, -0.1) is 0 Å². The molecule has 0 radical (unpaired) electrons. The monoisotopic (exact) mass is 381 g/mol. The number of hydrogen-bond acceptors (Lipinski definition) is 3. The maximum Gasteiger partial charge on any atom is 0.314 e. The van der Waals surface area contributed by atoms with Crippen LogP contribution in [0.15, 0.2) is 36.4 Å². The van der Waals surface area contributed by atoms with Crippen molar-refractivity contribution in [2.24, 2.45) is 17.1 Å². The average molecular weight is 381 g/mol. The predicted molar refractivity (Wildman–Crippen MR) is 110 cm³/mol. The molecule has 1 saturated carbocycles. The fourth-order valence-corrected chi connectivity index (χ4v) is 4.77. The molecule has 0 saturated heterocycles. The van der Waals surface area contributed by atoms with Crippen molar-refractivity contribution in [1.82, 2.24) is 0 Å². The quantitative estimate of drug-likeness (QED) is 0.756. The molecule has 0 atom stereocenters. The van der Waals surface area contributed by atoms with Crippen molar-refractivity contribution in [3.05, 3.63) is 36.4 Å². The molecular formula is C23H29N2O3+. The van der Waals surface area contributed by atoms with Gasteiger partial charge in [0.1, 0.15) is 5.75 Å². The lowest BCUT2D eigenvalue weighted by molar-refractivity contribution is -0.740. The topological polar surface area (TPSA) is 75.6 Å². The minimum Gasteiger partial charge on any atom is -0.507 e. The molecule has 3 N–H and O–H groups in total. The van der Waals surface area contributed by atoms with Gasteiger partial charge in [-0.25, -0.2) is 0 Å². The van der Waals surface area contributed by atoms with Crippen molar-refractivity contribution in [3.63, 3.8) is 0 Å². The summed E-state index contributed by atoms with van der Waals surface area (Å²) in [6.07, 6.45) is 4.53. The van der Waals surface area contributed by atoms with Crippen molar-refractivity contribution in [2.45, 2.75) is 58.5 Å². The third kappa shape index (κ3) is 3.13. The molecule has 5 heteroatoms. The van der Waals surface area contributed by atoms with Crippen LogP contribution >= 0.6 is 0 Å². The Balaban J connectivity index is 1.71. The highest BCUT2D eigenvalue weighted by molar-refractivity contribution is 6.36. The summed E-state index contributed by atoms with van der Waals surface area (Å²) in [4.78, 5) is 18.7. The summed E-state index contributed by atoms with van der Waals surface area (Å²) in [5, 5.41) is 11.8. The first-order chi connectivity index (χ1) is 13.2. The van der Waals surface area contributed by atoms with Gasteiger partial charge in [-0.2, -0.15) is 0 Å². The summed E-state index contributed by atoms with van der Waals surface area (Å²) in [6, 6.07) is 11.0. The van der Waals surface area contributed by atoms with Gasteiger partial charge in [-0.1, -0.05) is 39.0 Å². The zero-order chi connectivity index (χ0) is 20.1. The molecule has 148 valence electrons. The highest BCUT2D eigenvalue weighted by Crippen LogP contribution is 2.47. The summed E-state index contributed by atoms with van der Waals surface area (Å²) in [5.74, 6) is 0.411. The van der Waals surface area contributed by atoms with Crippen LogP contribution in [-0.4, -0.2) is 27.1 Å². The predicted octanol–water partition coefficient (Wildman–Crippen LogP) is 4.43. The van der Waals surface area contributed by atoms with Crippen LogP contribution in [0.1, 0.15) is 52.9 Å². The van der Waals surface area contributed by atoms with Crippen LogP contribution in [0.25, 0.3) is 10.8 Å². The second-order valence-electron chi connectivity index (χ2n) is 9.35. The summed E-state index contributed by atoms with van der Waals surface area (Å²) in [7, 11) is 0. The number of hydrogen-bond donors (Lipinski definition) is 2. The fraction of sp³-hybridized carbons (Fsp3) is 0.478. The van der Waals surface area contributed by atoms with Gasteiger partial charge in [-0.05, 0) is 49.1 Å². The van der Waals surface area contributed by atoms with Gasteiger partial charge < -0.3 is 10.8 Å². The summed E-state index contributed by atoms with van der Waals surface area (Å²) in [6.45, 7) is 6.88. The second-order valence-corrected chi connectivity index (χ2v) is 9.35. The van der Waals surface area contributed by atoms with Crippen LogP contribution in [0, 0.1) is 11.3 Å². The highest BCUT2D eigenvalue weighted by Gasteiger charge is 2.53. The molecule has 2 aliphatic rings. The lowest BCUT2D eigenvalue weighted by atomic mass is 9.67. The smallest absolute Gasteiger partial charge is 0.314 e. The maximum absolute atomic E-state index is 12.3. The number of phenols is 1. The van der Waals surface area contributed by atoms with Gasteiger partial charge in [0.2, 0.25) is 0 Å². The zero-order valence-electron chi connectivity index (χ0n) is 16.9. The number of aromatic hydroxyl groups is 1. The van der Waals surface area contributed by atoms with Crippen molar-refractivity contribution >= 4 is 28.1 Å². The van der Waals surface area contributed by atoms with E-state index in [4.69, 9.17) is 10.6 Å². The molecular weight excluding hydrogens is 352 g/mol. The van der Waals surface area contributed by atoms with Crippen LogP contribution in [0.5, 0.6) is 5.75 Å². The van der Waals surface area contributed by atoms with Crippen LogP contribution in [0.4, 0.5) is 5.69 Å². The Morgan fingerprint density at radius 2 is 1.79 bits per heavy atom. The van der Waals surface area contributed by atoms with E-state index in [1.165, 1.54) is 0 Å². The molecule has 1 spiro atoms. The summed E-state index contributed by atoms with van der Waals surface area (Å²) >= 11 is 0. The van der Waals surface area contributed by atoms with Gasteiger partial charge in [0.25, 0.3) is 5.69 Å². The third-order valence-electron chi connectivity index (χ3n) is 6.52. The SMILES string of the molecule is CC(C)(C)C1CCC2(CC1)CC(C(N)=O)=[N+](c1cccc3c(O)cccc13)O2. The number of primary amides is 1. The van der Waals surface area contributed by atoms with E-state index < -0.39 is 5.91 Å². The molecule has 4 rings (SSSR count). The number of nitrogens with two attached hydrogens (primary N) is 1. The zero-order valence-corrected chi connectivity index (χ0v) is 16.9. The standard InChI is InChI=1S/C23H28N2O3/c1-22(2,3)15-10-12-23(13-11-15)14-19(21(24)27)25(28-23)18-8-4-7-17-16(18)6-5-9-20(17)26/h4-9,15H,10-14H2,1-3H3,(H2-,24,26,27)/p+1. The van der Waals surface area contributed by atoms with Crippen molar-refractivity contribution < 1.29 is 19.5 Å². The summed E-state index contributed by atoms with van der Waals surface area (Å²) in [5.41, 5.74) is 6.89. The van der Waals surface area contributed by atoms with Crippen molar-refractivity contribution in [2.75, 3.05) is 0 Å². The first-order valence-corrected chi connectivity index (χ1v) is 10.1. The van der Waals surface area contributed by atoms with Crippen LogP contribution in [0.2, 0.25) is 0 Å². The number of nitrogens with zero attached hydrogens (tertiary/aromatic N) is 1. The molecule has 2 aromatic carbocycles. The minimum atomic E-state index is -0.452. The normalized spacial score (nSPS) is 25.3. The molecule has 2 aromatic rings. The number of fused-ring (bicyclic) bond motifs is 1. The van der Waals surface area contributed by atoms with Crippen LogP contribution in [-0.2, 0) is 9.63 Å². The molecule has 28 heavy (non-hydrogen) atoms. The van der Waals surface area contributed by atoms with Gasteiger partial charge in [0.05, 0.1) is 11.8 Å². The van der Waals surface area contributed by atoms with E-state index in [9.17, 15) is 9.90 Å². The number of amides is 1. The van der Waals surface area contributed by atoms with Gasteiger partial charge in [0.15, 0.2) is 5.60 Å². The number of rotatable bonds is 2. The van der Waals surface area contributed by atoms with Gasteiger partial charge >= 0.3 is 11.6 Å². The lowest BCUT2D eigenvalue weighted by Gasteiger charge is -2.39. The number of benzene rings is 2. The van der Waals surface area contributed by atoms with Crippen LogP contribution < -0.4 is 5.73 Å². The molecule has 1 amide bonds. The Labute approximate surface area is 165 Å². The minimum absolute atomic E-state index is 0.208. The molecule has 1 heterocycles. The third-order valence-corrected chi connectivity index (χ3v) is 6.52. The Kier molecular flexibility index (Phi) is 4.36. The summed E-state index contributed by atoms with van der Waals surface area (Å²) < 4.78 is 1.63. The Morgan fingerprint density at radius 1 is 1.14 bits per heavy atom. The Hall–Kier alpha value is -2.56. The van der Waals surface area contributed by atoms with Gasteiger partial charge in [-0.3, -0.25) is 9.63 Å². The lowest BCUT2D eigenvalue weighted by Crippen LogP contribution is -2.39. The number of carbonyl (C=O) groups is 1. The number of carbonyl (C=O) groups excluding carboxylic acids is 1. The Bertz CT molecular complexity index is 963. The van der Waals surface area contributed by atoms with E-state index in [1.807, 2.05) is 24.3 Å². The first-order valence-electron chi connectivity index (χ1n) is 10.1. The molecule has 5 nitrogen and oxygen atoms in total. The molecule has 1 aliphatic heterocycles. The molecule has 1 fully saturated rings. The second kappa shape index (κ2) is 6.50. The molecule has 0 unspecified atom stereocenters. The van der Waals surface area contributed by atoms with E-state index in [2.05, 4.69) is 20.8 Å². The van der Waals surface area contributed by atoms with Gasteiger partial charge in [0, 0.05) is 16.2 Å². The van der Waals surface area contributed by atoms with E-state index >= 15 is 0 Å². The average Bonchev–Trinajstić information content (AvgIpc) is 3.00. The Morgan fingerprint density at radius 3 is 2.43 bits per heavy atom. The molecule has 0 bridgehead atoms. The van der Waals surface area contributed by atoms with Crippen molar-refractivity contribution in [3.8, 4) is 5.75 Å².